The molecule has 0 saturated heterocycles. The molecule has 0 saturated carbocycles. The fourth-order valence-corrected chi connectivity index (χ4v) is 12.4. The van der Waals surface area contributed by atoms with Gasteiger partial charge in [-0.3, -0.25) is 0 Å². The van der Waals surface area contributed by atoms with Gasteiger partial charge in [0.15, 0.2) is 0 Å². The van der Waals surface area contributed by atoms with Gasteiger partial charge in [-0.15, -0.1) is 0 Å². The SMILES string of the molecule is CC1(C)c2ccccc2-c2cc(N(c3ccc4c(c3)C3(c5ccccc5-c5ccccc53)c3ccccc3-4)c3ccccc3-c3cccc4c3-c3ccccc3C4(C)C)ccc21. The zero-order valence-electron chi connectivity index (χ0n) is 35.5. The topological polar surface area (TPSA) is 3.24 Å². The average molecular weight is 792 g/mol. The molecule has 0 bridgehead atoms. The van der Waals surface area contributed by atoms with Gasteiger partial charge in [0.05, 0.1) is 11.1 Å². The molecule has 294 valence electrons. The third-order valence-corrected chi connectivity index (χ3v) is 15.1. The normalized spacial score (nSPS) is 15.5. The molecular weight excluding hydrogens is 747 g/mol. The van der Waals surface area contributed by atoms with E-state index < -0.39 is 5.41 Å². The predicted molar refractivity (Wildman–Crippen MR) is 258 cm³/mol. The summed E-state index contributed by atoms with van der Waals surface area (Å²) in [5, 5.41) is 0. The first-order valence-electron chi connectivity index (χ1n) is 22.1. The van der Waals surface area contributed by atoms with Gasteiger partial charge in [0.2, 0.25) is 0 Å². The van der Waals surface area contributed by atoms with Crippen molar-refractivity contribution >= 4 is 17.1 Å². The van der Waals surface area contributed by atoms with Gasteiger partial charge in [-0.05, 0) is 125 Å². The second kappa shape index (κ2) is 12.4. The molecule has 13 rings (SSSR count). The van der Waals surface area contributed by atoms with Gasteiger partial charge < -0.3 is 4.90 Å². The Balaban J connectivity index is 1.10. The summed E-state index contributed by atoms with van der Waals surface area (Å²) in [6.07, 6.45) is 0. The summed E-state index contributed by atoms with van der Waals surface area (Å²) in [5.41, 5.74) is 26.8. The molecule has 4 aliphatic carbocycles. The van der Waals surface area contributed by atoms with Gasteiger partial charge in [-0.25, -0.2) is 0 Å². The molecule has 1 spiro atoms. The highest BCUT2D eigenvalue weighted by atomic mass is 15.1. The molecule has 4 aliphatic rings. The molecule has 0 atom stereocenters. The molecule has 0 amide bonds. The van der Waals surface area contributed by atoms with Crippen LogP contribution in [0.1, 0.15) is 72.2 Å². The first kappa shape index (κ1) is 35.5. The molecule has 0 fully saturated rings. The highest BCUT2D eigenvalue weighted by molar-refractivity contribution is 6.00. The van der Waals surface area contributed by atoms with E-state index in [-0.39, 0.29) is 10.8 Å². The largest absolute Gasteiger partial charge is 0.310 e. The summed E-state index contributed by atoms with van der Waals surface area (Å²) >= 11 is 0. The molecule has 0 heterocycles. The van der Waals surface area contributed by atoms with E-state index in [9.17, 15) is 0 Å². The van der Waals surface area contributed by atoms with Crippen molar-refractivity contribution in [3.63, 3.8) is 0 Å². The van der Waals surface area contributed by atoms with Crippen LogP contribution in [0.3, 0.4) is 0 Å². The number of benzene rings is 9. The summed E-state index contributed by atoms with van der Waals surface area (Å²) in [5.74, 6) is 0. The standard InChI is InChI=1S/C61H45N/c1-59(2)49-25-11-5-21-43(49)48-36-38(33-35-51(48)59)62(57-31-16-10-22-45(57)46-24-17-30-55-58(46)47-23-9-12-26-50(47)60(55,3)4)39-32-34-44-42-20-8-15-29-54(42)61(56(44)37-39)52-27-13-6-18-40(52)41-19-7-14-28-53(41)61/h5-37H,1-4H3. The lowest BCUT2D eigenvalue weighted by molar-refractivity contribution is 0.660. The van der Waals surface area contributed by atoms with Crippen LogP contribution in [0, 0.1) is 0 Å². The third-order valence-electron chi connectivity index (χ3n) is 15.1. The quantitative estimate of drug-likeness (QED) is 0.172. The summed E-state index contributed by atoms with van der Waals surface area (Å²) < 4.78 is 0. The van der Waals surface area contributed by atoms with Crippen molar-refractivity contribution in [1.82, 2.24) is 0 Å². The van der Waals surface area contributed by atoms with Gasteiger partial charge in [-0.2, -0.15) is 0 Å². The Kier molecular flexibility index (Phi) is 7.12. The lowest BCUT2D eigenvalue weighted by Gasteiger charge is -2.33. The number of hydrogen-bond donors (Lipinski definition) is 0. The van der Waals surface area contributed by atoms with E-state index in [1.54, 1.807) is 0 Å². The second-order valence-electron chi connectivity index (χ2n) is 18.8. The molecule has 9 aromatic rings. The minimum absolute atomic E-state index is 0.0903. The molecule has 0 unspecified atom stereocenters. The first-order valence-corrected chi connectivity index (χ1v) is 22.1. The van der Waals surface area contributed by atoms with Crippen molar-refractivity contribution in [3.05, 3.63) is 245 Å². The third kappa shape index (κ3) is 4.43. The Bertz CT molecular complexity index is 3310. The fraction of sp³-hybridized carbons (Fsp3) is 0.115. The zero-order chi connectivity index (χ0) is 41.5. The Morgan fingerprint density at radius 1 is 0.274 bits per heavy atom. The smallest absolute Gasteiger partial charge is 0.0726 e. The minimum Gasteiger partial charge on any atom is -0.310 e. The van der Waals surface area contributed by atoms with Crippen LogP contribution in [0.15, 0.2) is 200 Å². The van der Waals surface area contributed by atoms with Crippen LogP contribution >= 0.6 is 0 Å². The van der Waals surface area contributed by atoms with Crippen molar-refractivity contribution in [2.24, 2.45) is 0 Å². The number of hydrogen-bond acceptors (Lipinski definition) is 1. The molecular formula is C61H45N. The van der Waals surface area contributed by atoms with Gasteiger partial charge in [0.1, 0.15) is 0 Å². The van der Waals surface area contributed by atoms with Crippen LogP contribution in [-0.2, 0) is 16.2 Å². The Hall–Kier alpha value is -7.22. The molecule has 9 aromatic carbocycles. The molecule has 0 N–H and O–H groups in total. The van der Waals surface area contributed by atoms with Crippen LogP contribution in [0.5, 0.6) is 0 Å². The maximum absolute atomic E-state index is 2.55. The average Bonchev–Trinajstić information content (AvgIpc) is 3.94. The van der Waals surface area contributed by atoms with Crippen LogP contribution in [0.4, 0.5) is 17.1 Å². The van der Waals surface area contributed by atoms with E-state index in [4.69, 9.17) is 0 Å². The summed E-state index contributed by atoms with van der Waals surface area (Å²) in [7, 11) is 0. The summed E-state index contributed by atoms with van der Waals surface area (Å²) in [6.45, 7) is 9.49. The van der Waals surface area contributed by atoms with Crippen LogP contribution < -0.4 is 4.90 Å². The maximum atomic E-state index is 2.55. The zero-order valence-corrected chi connectivity index (χ0v) is 35.5. The van der Waals surface area contributed by atoms with Crippen LogP contribution in [-0.4, -0.2) is 0 Å². The van der Waals surface area contributed by atoms with E-state index in [1.807, 2.05) is 0 Å². The second-order valence-corrected chi connectivity index (χ2v) is 18.8. The number of anilines is 3. The summed E-state index contributed by atoms with van der Waals surface area (Å²) in [4.78, 5) is 2.55. The predicted octanol–water partition coefficient (Wildman–Crippen LogP) is 15.8. The van der Waals surface area contributed by atoms with Crippen molar-refractivity contribution < 1.29 is 0 Å². The lowest BCUT2D eigenvalue weighted by Crippen LogP contribution is -2.26. The number of rotatable bonds is 4. The first-order chi connectivity index (χ1) is 30.3. The van der Waals surface area contributed by atoms with Crippen molar-refractivity contribution in [2.75, 3.05) is 4.90 Å². The monoisotopic (exact) mass is 791 g/mol. The highest BCUT2D eigenvalue weighted by Gasteiger charge is 2.52. The Labute approximate surface area is 364 Å². The van der Waals surface area contributed by atoms with Crippen LogP contribution in [0.2, 0.25) is 0 Å². The van der Waals surface area contributed by atoms with E-state index >= 15 is 0 Å². The van der Waals surface area contributed by atoms with E-state index in [1.165, 1.54) is 100 Å². The van der Waals surface area contributed by atoms with E-state index in [2.05, 4.69) is 233 Å². The fourth-order valence-electron chi connectivity index (χ4n) is 12.4. The van der Waals surface area contributed by atoms with E-state index in [0.29, 0.717) is 0 Å². The molecule has 0 aromatic heterocycles. The molecule has 0 aliphatic heterocycles. The summed E-state index contributed by atoms with van der Waals surface area (Å²) in [6, 6.07) is 75.9. The molecule has 62 heavy (non-hydrogen) atoms. The van der Waals surface area contributed by atoms with Crippen molar-refractivity contribution in [1.29, 1.82) is 0 Å². The van der Waals surface area contributed by atoms with Gasteiger partial charge in [0.25, 0.3) is 0 Å². The van der Waals surface area contributed by atoms with Gasteiger partial charge in [0, 0.05) is 27.8 Å². The van der Waals surface area contributed by atoms with Gasteiger partial charge >= 0.3 is 0 Å². The molecule has 1 nitrogen and oxygen atoms in total. The highest BCUT2D eigenvalue weighted by Crippen LogP contribution is 2.64. The number of nitrogens with zero attached hydrogens (tertiary/aromatic N) is 1. The maximum Gasteiger partial charge on any atom is 0.0726 e. The number of fused-ring (bicyclic) bond motifs is 16. The van der Waals surface area contributed by atoms with Crippen molar-refractivity contribution in [3.8, 4) is 55.6 Å². The molecule has 0 radical (unpaired) electrons. The number of para-hydroxylation sites is 1. The minimum atomic E-state index is -0.448. The van der Waals surface area contributed by atoms with Crippen molar-refractivity contribution in [2.45, 2.75) is 43.9 Å². The lowest BCUT2D eigenvalue weighted by atomic mass is 9.70. The van der Waals surface area contributed by atoms with Crippen LogP contribution in [0.25, 0.3) is 55.6 Å². The Morgan fingerprint density at radius 3 is 1.31 bits per heavy atom. The Morgan fingerprint density at radius 2 is 0.677 bits per heavy atom. The van der Waals surface area contributed by atoms with Gasteiger partial charge in [-0.1, -0.05) is 198 Å². The molecule has 1 heteroatoms. The van der Waals surface area contributed by atoms with E-state index in [0.717, 1.165) is 17.1 Å².